The highest BCUT2D eigenvalue weighted by molar-refractivity contribution is 5.76. The van der Waals surface area contributed by atoms with Gasteiger partial charge in [0.15, 0.2) is 5.60 Å². The van der Waals surface area contributed by atoms with E-state index in [0.717, 1.165) is 60.1 Å². The summed E-state index contributed by atoms with van der Waals surface area (Å²) in [7, 11) is 0. The molecule has 168 valence electrons. The second-order valence-electron chi connectivity index (χ2n) is 9.50. The van der Waals surface area contributed by atoms with E-state index in [-0.39, 0.29) is 5.60 Å². The monoisotopic (exact) mass is 426 g/mol. The van der Waals surface area contributed by atoms with E-state index in [1.165, 1.54) is 5.56 Å². The largest absolute Gasteiger partial charge is 0.507 e. The molecule has 2 aromatic carbocycles. The van der Waals surface area contributed by atoms with E-state index in [1.807, 2.05) is 45.0 Å². The molecular formula is C26H34O5. The first-order valence-electron chi connectivity index (χ1n) is 11.0. The highest BCUT2D eigenvalue weighted by Crippen LogP contribution is 2.44. The van der Waals surface area contributed by atoms with Gasteiger partial charge in [0.1, 0.15) is 22.8 Å². The predicted octanol–water partition coefficient (Wildman–Crippen LogP) is 5.67. The third kappa shape index (κ3) is 4.81. The number of ether oxygens (including phenoxy) is 2. The molecule has 1 heterocycles. The number of aryl methyl sites for hydroxylation is 1. The molecule has 0 aromatic heterocycles. The number of carboxylic acids is 1. The minimum atomic E-state index is -1.25. The fourth-order valence-electron chi connectivity index (χ4n) is 4.20. The van der Waals surface area contributed by atoms with Crippen molar-refractivity contribution in [2.75, 3.05) is 0 Å². The molecule has 2 N–H and O–H groups in total. The number of phenolic OH excluding ortho intramolecular Hbond substituents is 1. The second kappa shape index (κ2) is 8.45. The number of fused-ring (bicyclic) bond motifs is 1. The quantitative estimate of drug-likeness (QED) is 0.597. The Balaban J connectivity index is 1.61. The lowest BCUT2D eigenvalue weighted by Crippen LogP contribution is -2.37. The molecule has 2 aromatic rings. The zero-order chi connectivity index (χ0) is 23.0. The topological polar surface area (TPSA) is 76.0 Å². The van der Waals surface area contributed by atoms with Crippen molar-refractivity contribution in [2.24, 2.45) is 0 Å². The third-order valence-electron chi connectivity index (χ3n) is 6.58. The van der Waals surface area contributed by atoms with Gasteiger partial charge in [-0.2, -0.15) is 0 Å². The number of aromatic hydroxyl groups is 1. The second-order valence-corrected chi connectivity index (χ2v) is 9.50. The lowest BCUT2D eigenvalue weighted by Gasteiger charge is -2.38. The van der Waals surface area contributed by atoms with E-state index in [0.29, 0.717) is 11.5 Å². The van der Waals surface area contributed by atoms with Crippen LogP contribution in [0, 0.1) is 20.8 Å². The number of rotatable bonds is 7. The average molecular weight is 427 g/mol. The van der Waals surface area contributed by atoms with E-state index in [1.54, 1.807) is 13.8 Å². The van der Waals surface area contributed by atoms with Crippen LogP contribution in [0.3, 0.4) is 0 Å². The zero-order valence-electron chi connectivity index (χ0n) is 19.5. The fraction of sp³-hybridized carbons (Fsp3) is 0.500. The lowest BCUT2D eigenvalue weighted by molar-refractivity contribution is -0.152. The van der Waals surface area contributed by atoms with Gasteiger partial charge in [0.05, 0.1) is 0 Å². The predicted molar refractivity (Wildman–Crippen MR) is 121 cm³/mol. The fourth-order valence-corrected chi connectivity index (χ4v) is 4.20. The van der Waals surface area contributed by atoms with Gasteiger partial charge in [0.25, 0.3) is 0 Å². The molecule has 1 atom stereocenters. The van der Waals surface area contributed by atoms with Gasteiger partial charge in [0.2, 0.25) is 0 Å². The van der Waals surface area contributed by atoms with E-state index >= 15 is 0 Å². The van der Waals surface area contributed by atoms with E-state index in [9.17, 15) is 15.0 Å². The minimum Gasteiger partial charge on any atom is -0.507 e. The van der Waals surface area contributed by atoms with E-state index in [2.05, 4.69) is 6.92 Å². The molecule has 0 fully saturated rings. The molecule has 0 spiro atoms. The highest BCUT2D eigenvalue weighted by atomic mass is 16.5. The van der Waals surface area contributed by atoms with Crippen molar-refractivity contribution >= 4 is 5.97 Å². The lowest BCUT2D eigenvalue weighted by atomic mass is 9.84. The molecule has 0 amide bonds. The van der Waals surface area contributed by atoms with Gasteiger partial charge in [0, 0.05) is 5.56 Å². The summed E-state index contributed by atoms with van der Waals surface area (Å²) in [6.45, 7) is 11.2. The Hall–Kier alpha value is -2.69. The smallest absolute Gasteiger partial charge is 0.347 e. The van der Waals surface area contributed by atoms with E-state index < -0.39 is 11.6 Å². The summed E-state index contributed by atoms with van der Waals surface area (Å²) in [5.41, 5.74) is 3.72. The molecule has 5 heteroatoms. The van der Waals surface area contributed by atoms with Crippen LogP contribution in [0.5, 0.6) is 17.2 Å². The number of aliphatic carboxylic acids is 1. The summed E-state index contributed by atoms with van der Waals surface area (Å²) < 4.78 is 12.1. The number of carboxylic acid groups (broad SMARTS) is 1. The highest BCUT2D eigenvalue weighted by Gasteiger charge is 2.34. The van der Waals surface area contributed by atoms with Crippen molar-refractivity contribution in [1.29, 1.82) is 0 Å². The number of hydrogen-bond donors (Lipinski definition) is 2. The molecule has 0 radical (unpaired) electrons. The summed E-state index contributed by atoms with van der Waals surface area (Å²) >= 11 is 0. The molecule has 0 saturated carbocycles. The van der Waals surface area contributed by atoms with Crippen LogP contribution in [0.15, 0.2) is 24.3 Å². The van der Waals surface area contributed by atoms with Crippen LogP contribution in [0.2, 0.25) is 0 Å². The maximum absolute atomic E-state index is 11.2. The summed E-state index contributed by atoms with van der Waals surface area (Å²) in [5, 5.41) is 19.6. The Morgan fingerprint density at radius 1 is 1.13 bits per heavy atom. The Bertz CT molecular complexity index is 975. The summed E-state index contributed by atoms with van der Waals surface area (Å²) in [4.78, 5) is 11.2. The van der Waals surface area contributed by atoms with Crippen LogP contribution >= 0.6 is 0 Å². The van der Waals surface area contributed by atoms with Crippen LogP contribution in [0.25, 0.3) is 0 Å². The van der Waals surface area contributed by atoms with Gasteiger partial charge >= 0.3 is 5.97 Å². The van der Waals surface area contributed by atoms with Gasteiger partial charge in [-0.1, -0.05) is 12.1 Å². The van der Waals surface area contributed by atoms with Crippen LogP contribution in [-0.2, 0) is 17.6 Å². The van der Waals surface area contributed by atoms with E-state index in [4.69, 9.17) is 9.47 Å². The van der Waals surface area contributed by atoms with Gasteiger partial charge < -0.3 is 19.7 Å². The Labute approximate surface area is 185 Å². The molecule has 5 nitrogen and oxygen atoms in total. The molecule has 0 aliphatic carbocycles. The number of carbonyl (C=O) groups is 1. The molecule has 0 saturated heterocycles. The summed E-state index contributed by atoms with van der Waals surface area (Å²) in [6, 6.07) is 7.64. The molecule has 0 unspecified atom stereocenters. The number of phenols is 1. The van der Waals surface area contributed by atoms with Crippen LogP contribution < -0.4 is 9.47 Å². The standard InChI is InChI=1S/C26H34O5/c1-16-17(2)23-21(18(3)22(16)27)13-15-26(6,31-23)14-7-8-19-9-11-20(12-10-19)30-25(4,5)24(28)29/h9-12,27H,7-8,13-15H2,1-6H3,(H,28,29)/t26-/m1/s1. The Morgan fingerprint density at radius 3 is 2.39 bits per heavy atom. The summed E-state index contributed by atoms with van der Waals surface area (Å²) in [6.07, 6.45) is 4.69. The summed E-state index contributed by atoms with van der Waals surface area (Å²) in [5.74, 6) is 0.904. The minimum absolute atomic E-state index is 0.220. The van der Waals surface area contributed by atoms with Crippen LogP contribution in [0.1, 0.15) is 67.9 Å². The maximum Gasteiger partial charge on any atom is 0.347 e. The third-order valence-corrected chi connectivity index (χ3v) is 6.58. The van der Waals surface area contributed by atoms with Crippen molar-refractivity contribution < 1.29 is 24.5 Å². The van der Waals surface area contributed by atoms with Gasteiger partial charge in [-0.05, 0) is 108 Å². The molecule has 1 aliphatic heterocycles. The molecule has 3 rings (SSSR count). The average Bonchev–Trinajstić information content (AvgIpc) is 2.71. The first kappa shape index (κ1) is 23.0. The zero-order valence-corrected chi connectivity index (χ0v) is 19.5. The SMILES string of the molecule is Cc1c(C)c2c(c(C)c1O)CC[C@@](C)(CCCc1ccc(OC(C)(C)C(=O)O)cc1)O2. The molecular weight excluding hydrogens is 392 g/mol. The van der Waals surface area contributed by atoms with Crippen molar-refractivity contribution in [1.82, 2.24) is 0 Å². The maximum atomic E-state index is 11.2. The van der Waals surface area contributed by atoms with Crippen molar-refractivity contribution in [3.05, 3.63) is 52.1 Å². The van der Waals surface area contributed by atoms with Crippen molar-refractivity contribution in [3.8, 4) is 17.2 Å². The van der Waals surface area contributed by atoms with Gasteiger partial charge in [-0.25, -0.2) is 4.79 Å². The molecule has 0 bridgehead atoms. The molecule has 31 heavy (non-hydrogen) atoms. The van der Waals surface area contributed by atoms with Crippen molar-refractivity contribution in [2.45, 2.75) is 84.8 Å². The van der Waals surface area contributed by atoms with Crippen molar-refractivity contribution in [3.63, 3.8) is 0 Å². The normalized spacial score (nSPS) is 18.3. The number of hydrogen-bond acceptors (Lipinski definition) is 4. The first-order chi connectivity index (χ1) is 14.4. The molecule has 1 aliphatic rings. The first-order valence-corrected chi connectivity index (χ1v) is 11.0. The Morgan fingerprint density at radius 2 is 1.77 bits per heavy atom. The van der Waals surface area contributed by atoms with Gasteiger partial charge in [-0.15, -0.1) is 0 Å². The van der Waals surface area contributed by atoms with Gasteiger partial charge in [-0.3, -0.25) is 0 Å². The van der Waals surface area contributed by atoms with Crippen LogP contribution in [-0.4, -0.2) is 27.4 Å². The number of benzene rings is 2. The van der Waals surface area contributed by atoms with Crippen LogP contribution in [0.4, 0.5) is 0 Å². The Kier molecular flexibility index (Phi) is 6.26.